The number of thiophene rings is 1. The van der Waals surface area contributed by atoms with Gasteiger partial charge in [-0.2, -0.15) is 0 Å². The zero-order valence-corrected chi connectivity index (χ0v) is 35.5. The van der Waals surface area contributed by atoms with E-state index in [2.05, 4.69) is 194 Å². The van der Waals surface area contributed by atoms with Crippen molar-refractivity contribution in [3.8, 4) is 11.1 Å². The Morgan fingerprint density at radius 3 is 2.44 bits per heavy atom. The monoisotopic (exact) mass is 798 g/mol. The largest absolute Gasteiger partial charge is 0.317 e. The number of benzene rings is 5. The first kappa shape index (κ1) is 37.2. The maximum Gasteiger partial charge on any atom is 0.0541 e. The summed E-state index contributed by atoms with van der Waals surface area (Å²) in [7, 11) is 0. The van der Waals surface area contributed by atoms with Crippen LogP contribution in [0, 0.1) is 0 Å². The number of fused-ring (bicyclic) bond motifs is 8. The van der Waals surface area contributed by atoms with Crippen LogP contribution in [0.15, 0.2) is 169 Å². The van der Waals surface area contributed by atoms with E-state index in [1.807, 2.05) is 23.1 Å². The zero-order chi connectivity index (χ0) is 40.0. The number of para-hydroxylation sites is 1. The van der Waals surface area contributed by atoms with Crippen LogP contribution in [0.4, 0.5) is 0 Å². The highest BCUT2D eigenvalue weighted by Crippen LogP contribution is 2.44. The number of hydrogen-bond acceptors (Lipinski definition) is 2. The predicted molar refractivity (Wildman–Crippen MR) is 261 cm³/mol. The van der Waals surface area contributed by atoms with Gasteiger partial charge in [-0.25, -0.2) is 0 Å². The lowest BCUT2D eigenvalue weighted by atomic mass is 9.95. The lowest BCUT2D eigenvalue weighted by Crippen LogP contribution is -2.03. The second-order valence-corrected chi connectivity index (χ2v) is 17.5. The molecule has 10 rings (SSSR count). The van der Waals surface area contributed by atoms with E-state index in [9.17, 15) is 0 Å². The number of allylic oxidation sites excluding steroid dienone is 10. The lowest BCUT2D eigenvalue weighted by molar-refractivity contribution is 0.897. The standard InChI is InChI=1S/C55H46N2S2/c1-5-17-41(6-2)57-48-24-11-8-20-43(48)46-35-40(31-32-50(46)57)42-23-15-26-51-54(42)45-22-9-12-25-49(45)56(51)36(3)34-47-44-21-10-14-28-53(44)59-55(47)37(4)38-19-16-33-58-52-27-13-7-18-39(52)30-29-38/h5-11,13-24,26-29,31-32,34-35H,4,12,25,30,33H2,1-3H3/b17-5-,19-16-,36-34+,38-29+,41-6+. The van der Waals surface area contributed by atoms with Gasteiger partial charge in [-0.3, -0.25) is 0 Å². The summed E-state index contributed by atoms with van der Waals surface area (Å²) in [6.07, 6.45) is 23.5. The summed E-state index contributed by atoms with van der Waals surface area (Å²) in [6, 6.07) is 40.4. The number of thioether (sulfide) groups is 1. The molecule has 0 atom stereocenters. The summed E-state index contributed by atoms with van der Waals surface area (Å²) < 4.78 is 6.22. The van der Waals surface area contributed by atoms with Crippen LogP contribution in [0.5, 0.6) is 0 Å². The molecule has 3 aromatic heterocycles. The van der Waals surface area contributed by atoms with Crippen LogP contribution in [0.2, 0.25) is 0 Å². The maximum atomic E-state index is 4.80. The summed E-state index contributed by atoms with van der Waals surface area (Å²) >= 11 is 3.76. The minimum absolute atomic E-state index is 0.885. The number of rotatable bonds is 7. The molecule has 1 aliphatic carbocycles. The molecular weight excluding hydrogens is 753 g/mol. The van der Waals surface area contributed by atoms with Crippen molar-refractivity contribution in [2.24, 2.45) is 0 Å². The summed E-state index contributed by atoms with van der Waals surface area (Å²) in [5.74, 6) is 0.938. The predicted octanol–water partition coefficient (Wildman–Crippen LogP) is 15.9. The molecule has 2 nitrogen and oxygen atoms in total. The molecule has 8 aromatic rings. The van der Waals surface area contributed by atoms with Gasteiger partial charge in [-0.1, -0.05) is 122 Å². The molecule has 59 heavy (non-hydrogen) atoms. The average molecular weight is 799 g/mol. The minimum atomic E-state index is 0.885. The van der Waals surface area contributed by atoms with E-state index < -0.39 is 0 Å². The summed E-state index contributed by atoms with van der Waals surface area (Å²) in [5, 5.41) is 5.12. The molecule has 0 amide bonds. The molecule has 0 spiro atoms. The highest BCUT2D eigenvalue weighted by atomic mass is 32.2. The van der Waals surface area contributed by atoms with Gasteiger partial charge in [-0.15, -0.1) is 23.1 Å². The van der Waals surface area contributed by atoms with E-state index in [0.29, 0.717) is 0 Å². The van der Waals surface area contributed by atoms with E-state index in [1.165, 1.54) is 103 Å². The van der Waals surface area contributed by atoms with Crippen LogP contribution in [0.1, 0.15) is 54.5 Å². The van der Waals surface area contributed by atoms with Crippen LogP contribution >= 0.6 is 23.1 Å². The summed E-state index contributed by atoms with van der Waals surface area (Å²) in [4.78, 5) is 2.59. The number of hydrogen-bond donors (Lipinski definition) is 0. The van der Waals surface area contributed by atoms with Gasteiger partial charge >= 0.3 is 0 Å². The Morgan fingerprint density at radius 1 is 0.763 bits per heavy atom. The van der Waals surface area contributed by atoms with E-state index in [0.717, 1.165) is 30.6 Å². The molecule has 4 heteroatoms. The lowest BCUT2D eigenvalue weighted by Gasteiger charge is -2.15. The van der Waals surface area contributed by atoms with Crippen molar-refractivity contribution in [2.75, 3.05) is 5.75 Å². The van der Waals surface area contributed by atoms with Gasteiger partial charge in [0, 0.05) is 70.0 Å². The number of aromatic nitrogens is 2. The molecule has 0 saturated carbocycles. The molecule has 4 heterocycles. The molecule has 0 fully saturated rings. The normalized spacial score (nSPS) is 16.3. The van der Waals surface area contributed by atoms with Gasteiger partial charge in [-0.05, 0) is 116 Å². The Bertz CT molecular complexity index is 3180. The van der Waals surface area contributed by atoms with Gasteiger partial charge < -0.3 is 9.13 Å². The van der Waals surface area contributed by atoms with Crippen LogP contribution in [-0.4, -0.2) is 14.9 Å². The van der Waals surface area contributed by atoms with E-state index in [-0.39, 0.29) is 0 Å². The van der Waals surface area contributed by atoms with Crippen molar-refractivity contribution in [1.29, 1.82) is 0 Å². The van der Waals surface area contributed by atoms with E-state index >= 15 is 0 Å². The van der Waals surface area contributed by atoms with Crippen molar-refractivity contribution in [3.63, 3.8) is 0 Å². The fourth-order valence-electron chi connectivity index (χ4n) is 9.27. The second kappa shape index (κ2) is 15.6. The molecule has 0 unspecified atom stereocenters. The second-order valence-electron chi connectivity index (χ2n) is 15.4. The minimum Gasteiger partial charge on any atom is -0.317 e. The Kier molecular flexibility index (Phi) is 9.84. The SMILES string of the molecule is C=C(C1=C/Cc2ccccc2SC/C=C\1)c1sc2ccccc2c1/C=C(\C)n1c2c(c3c(-c4ccc5c(c4)c4ccccc4n5C(/C=C\C)=C/C)cccc31)C=CCC2. The van der Waals surface area contributed by atoms with Crippen molar-refractivity contribution in [2.45, 2.75) is 44.9 Å². The van der Waals surface area contributed by atoms with Gasteiger partial charge in [0.15, 0.2) is 0 Å². The summed E-state index contributed by atoms with van der Waals surface area (Å²) in [5.41, 5.74) is 16.2. The Labute approximate surface area is 355 Å². The van der Waals surface area contributed by atoms with Crippen LogP contribution in [-0.2, 0) is 12.8 Å². The Hall–Kier alpha value is -6.07. The fourth-order valence-corrected chi connectivity index (χ4v) is 11.3. The van der Waals surface area contributed by atoms with Gasteiger partial charge in [0.05, 0.1) is 16.6 Å². The first-order chi connectivity index (χ1) is 29.0. The first-order valence-electron chi connectivity index (χ1n) is 20.7. The summed E-state index contributed by atoms with van der Waals surface area (Å²) in [6.45, 7) is 11.3. The topological polar surface area (TPSA) is 9.86 Å². The fraction of sp³-hybridized carbons (Fsp3) is 0.127. The molecule has 0 bridgehead atoms. The van der Waals surface area contributed by atoms with E-state index in [4.69, 9.17) is 6.58 Å². The molecule has 0 radical (unpaired) electrons. The number of nitrogens with zero attached hydrogens (tertiary/aromatic N) is 2. The van der Waals surface area contributed by atoms with Crippen molar-refractivity contribution < 1.29 is 0 Å². The van der Waals surface area contributed by atoms with E-state index in [1.54, 1.807) is 0 Å². The maximum absolute atomic E-state index is 4.80. The highest BCUT2D eigenvalue weighted by molar-refractivity contribution is 7.99. The molecule has 0 N–H and O–H groups in total. The van der Waals surface area contributed by atoms with Crippen molar-refractivity contribution >= 4 is 95.0 Å². The smallest absolute Gasteiger partial charge is 0.0541 e. The third-order valence-corrected chi connectivity index (χ3v) is 14.3. The van der Waals surface area contributed by atoms with Gasteiger partial charge in [0.2, 0.25) is 0 Å². The molecule has 5 aromatic carbocycles. The molecule has 2 aliphatic rings. The van der Waals surface area contributed by atoms with Gasteiger partial charge in [0.25, 0.3) is 0 Å². The van der Waals surface area contributed by atoms with Crippen LogP contribution in [0.3, 0.4) is 0 Å². The third-order valence-electron chi connectivity index (χ3n) is 12.0. The molecule has 288 valence electrons. The molecule has 0 saturated heterocycles. The average Bonchev–Trinajstić information content (AvgIpc) is 3.95. The third kappa shape index (κ3) is 6.43. The molecule has 1 aliphatic heterocycles. The van der Waals surface area contributed by atoms with Gasteiger partial charge in [0.1, 0.15) is 0 Å². The van der Waals surface area contributed by atoms with Crippen molar-refractivity contribution in [3.05, 3.63) is 191 Å². The van der Waals surface area contributed by atoms with Crippen LogP contribution < -0.4 is 0 Å². The van der Waals surface area contributed by atoms with Crippen LogP contribution in [0.25, 0.3) is 83.0 Å². The Morgan fingerprint density at radius 2 is 1.56 bits per heavy atom. The zero-order valence-electron chi connectivity index (χ0n) is 33.8. The quantitative estimate of drug-likeness (QED) is 0.146. The first-order valence-corrected chi connectivity index (χ1v) is 22.5. The Balaban J connectivity index is 1.12. The highest BCUT2D eigenvalue weighted by Gasteiger charge is 2.23. The van der Waals surface area contributed by atoms with Crippen molar-refractivity contribution in [1.82, 2.24) is 9.13 Å². The molecular formula is C55H46N2S2.